The maximum Gasteiger partial charge on any atom is 0.252 e. The summed E-state index contributed by atoms with van der Waals surface area (Å²) in [6, 6.07) is 11.9. The Balaban J connectivity index is 1.46. The summed E-state index contributed by atoms with van der Waals surface area (Å²) in [6.45, 7) is 2.44. The maximum absolute atomic E-state index is 12.6. The number of amides is 1. The second kappa shape index (κ2) is 8.08. The Labute approximate surface area is 163 Å². The molecular formula is C21H24N4O3. The predicted molar refractivity (Wildman–Crippen MR) is 105 cm³/mol. The minimum atomic E-state index is -0.178. The highest BCUT2D eigenvalue weighted by Crippen LogP contribution is 2.31. The molecule has 1 aromatic carbocycles. The van der Waals surface area contributed by atoms with Gasteiger partial charge in [-0.05, 0) is 24.5 Å². The number of ether oxygens (including phenoxy) is 1. The van der Waals surface area contributed by atoms with Crippen LogP contribution in [0.1, 0.15) is 28.8 Å². The number of aromatic nitrogens is 3. The SMILES string of the molecule is O=C(NCC1(CCO)CCOC1)c1cnc2c(cnn2Cc2ccccc2)c1. The number of hydrogen-bond acceptors (Lipinski definition) is 5. The number of nitrogens with zero attached hydrogens (tertiary/aromatic N) is 3. The molecule has 3 aromatic rings. The van der Waals surface area contributed by atoms with Crippen LogP contribution in [0.3, 0.4) is 0 Å². The third-order valence-electron chi connectivity index (χ3n) is 5.36. The van der Waals surface area contributed by atoms with E-state index >= 15 is 0 Å². The van der Waals surface area contributed by atoms with E-state index in [9.17, 15) is 9.90 Å². The Kier molecular flexibility index (Phi) is 5.36. The number of rotatable bonds is 7. The van der Waals surface area contributed by atoms with E-state index in [2.05, 4.69) is 15.4 Å². The average molecular weight is 380 g/mol. The van der Waals surface area contributed by atoms with Gasteiger partial charge in [0.1, 0.15) is 0 Å². The van der Waals surface area contributed by atoms with Gasteiger partial charge < -0.3 is 15.2 Å². The smallest absolute Gasteiger partial charge is 0.252 e. The molecule has 2 N–H and O–H groups in total. The molecular weight excluding hydrogens is 356 g/mol. The third kappa shape index (κ3) is 3.90. The minimum absolute atomic E-state index is 0.0906. The van der Waals surface area contributed by atoms with Crippen LogP contribution in [0, 0.1) is 5.41 Å². The first-order valence-electron chi connectivity index (χ1n) is 9.51. The first-order valence-corrected chi connectivity index (χ1v) is 9.51. The third-order valence-corrected chi connectivity index (χ3v) is 5.36. The number of carbonyl (C=O) groups excluding carboxylic acids is 1. The summed E-state index contributed by atoms with van der Waals surface area (Å²) in [5, 5.41) is 17.5. The van der Waals surface area contributed by atoms with Gasteiger partial charge in [-0.2, -0.15) is 5.10 Å². The van der Waals surface area contributed by atoms with Crippen LogP contribution in [-0.4, -0.2) is 52.1 Å². The first kappa shape index (κ1) is 18.6. The van der Waals surface area contributed by atoms with Gasteiger partial charge in [0, 0.05) is 36.8 Å². The Hall–Kier alpha value is -2.77. The van der Waals surface area contributed by atoms with Gasteiger partial charge in [-0.15, -0.1) is 0 Å². The van der Waals surface area contributed by atoms with Crippen LogP contribution in [0.5, 0.6) is 0 Å². The maximum atomic E-state index is 12.6. The van der Waals surface area contributed by atoms with Gasteiger partial charge in [-0.25, -0.2) is 9.67 Å². The summed E-state index contributed by atoms with van der Waals surface area (Å²) in [7, 11) is 0. The highest BCUT2D eigenvalue weighted by atomic mass is 16.5. The van der Waals surface area contributed by atoms with Gasteiger partial charge in [0.15, 0.2) is 5.65 Å². The number of hydrogen-bond donors (Lipinski definition) is 2. The van der Waals surface area contributed by atoms with Crippen molar-refractivity contribution in [1.82, 2.24) is 20.1 Å². The summed E-state index contributed by atoms with van der Waals surface area (Å²) in [6.07, 6.45) is 4.79. The fourth-order valence-electron chi connectivity index (χ4n) is 3.65. The zero-order chi connectivity index (χ0) is 19.4. The van der Waals surface area contributed by atoms with Crippen molar-refractivity contribution in [3.63, 3.8) is 0 Å². The van der Waals surface area contributed by atoms with Gasteiger partial charge in [-0.1, -0.05) is 30.3 Å². The van der Waals surface area contributed by atoms with Crippen LogP contribution in [0.25, 0.3) is 11.0 Å². The molecule has 0 saturated carbocycles. The van der Waals surface area contributed by atoms with Crippen molar-refractivity contribution in [2.45, 2.75) is 19.4 Å². The van der Waals surface area contributed by atoms with Crippen LogP contribution < -0.4 is 5.32 Å². The molecule has 1 unspecified atom stereocenters. The molecule has 28 heavy (non-hydrogen) atoms. The molecule has 4 rings (SSSR count). The Morgan fingerprint density at radius 1 is 1.29 bits per heavy atom. The lowest BCUT2D eigenvalue weighted by molar-refractivity contribution is 0.0889. The summed E-state index contributed by atoms with van der Waals surface area (Å²) in [4.78, 5) is 17.1. The Bertz CT molecular complexity index is 949. The summed E-state index contributed by atoms with van der Waals surface area (Å²) < 4.78 is 7.31. The summed E-state index contributed by atoms with van der Waals surface area (Å²) in [5.74, 6) is -0.172. The topological polar surface area (TPSA) is 89.3 Å². The van der Waals surface area contributed by atoms with Gasteiger partial charge in [0.05, 0.1) is 24.9 Å². The molecule has 146 valence electrons. The van der Waals surface area contributed by atoms with E-state index in [1.807, 2.05) is 41.1 Å². The van der Waals surface area contributed by atoms with E-state index in [-0.39, 0.29) is 17.9 Å². The van der Waals surface area contributed by atoms with Crippen molar-refractivity contribution < 1.29 is 14.6 Å². The van der Waals surface area contributed by atoms with Crippen molar-refractivity contribution in [3.8, 4) is 0 Å². The molecule has 1 atom stereocenters. The first-order chi connectivity index (χ1) is 13.7. The van der Waals surface area contributed by atoms with Crippen molar-refractivity contribution in [1.29, 1.82) is 0 Å². The lowest BCUT2D eigenvalue weighted by Gasteiger charge is -2.26. The van der Waals surface area contributed by atoms with Crippen LogP contribution in [0.4, 0.5) is 0 Å². The van der Waals surface area contributed by atoms with Crippen LogP contribution in [-0.2, 0) is 11.3 Å². The van der Waals surface area contributed by atoms with Gasteiger partial charge in [0.2, 0.25) is 0 Å². The number of pyridine rings is 1. The number of aliphatic hydroxyl groups excluding tert-OH is 1. The second-order valence-corrected chi connectivity index (χ2v) is 7.38. The van der Waals surface area contributed by atoms with Crippen molar-refractivity contribution >= 4 is 16.9 Å². The Morgan fingerprint density at radius 3 is 2.89 bits per heavy atom. The molecule has 1 saturated heterocycles. The van der Waals surface area contributed by atoms with Crippen molar-refractivity contribution in [3.05, 3.63) is 59.9 Å². The standard InChI is InChI=1S/C21H24N4O3/c26-8-6-21(7-9-28-15-21)14-23-20(27)18-10-17-12-24-25(19(17)22-11-18)13-16-4-2-1-3-5-16/h1-5,10-12,26H,6-9,13-15H2,(H,23,27). The molecule has 0 radical (unpaired) electrons. The summed E-state index contributed by atoms with van der Waals surface area (Å²) >= 11 is 0. The number of benzene rings is 1. The number of carbonyl (C=O) groups is 1. The molecule has 1 amide bonds. The van der Waals surface area contributed by atoms with E-state index in [0.717, 1.165) is 23.0 Å². The van der Waals surface area contributed by atoms with E-state index in [1.165, 1.54) is 0 Å². The highest BCUT2D eigenvalue weighted by Gasteiger charge is 2.34. The van der Waals surface area contributed by atoms with Crippen molar-refractivity contribution in [2.24, 2.45) is 5.41 Å². The fraction of sp³-hybridized carbons (Fsp3) is 0.381. The molecule has 0 aliphatic carbocycles. The van der Waals surface area contributed by atoms with Crippen LogP contribution in [0.15, 0.2) is 48.8 Å². The van der Waals surface area contributed by atoms with E-state index in [0.29, 0.717) is 38.3 Å². The number of fused-ring (bicyclic) bond motifs is 1. The van der Waals surface area contributed by atoms with Gasteiger partial charge in [-0.3, -0.25) is 4.79 Å². The molecule has 0 bridgehead atoms. The number of nitrogens with one attached hydrogen (secondary N) is 1. The highest BCUT2D eigenvalue weighted by molar-refractivity contribution is 5.96. The minimum Gasteiger partial charge on any atom is -0.396 e. The van der Waals surface area contributed by atoms with Crippen LogP contribution >= 0.6 is 0 Å². The number of aliphatic hydroxyl groups is 1. The van der Waals surface area contributed by atoms with Gasteiger partial charge in [0.25, 0.3) is 5.91 Å². The summed E-state index contributed by atoms with van der Waals surface area (Å²) in [5.41, 5.74) is 2.22. The molecule has 0 spiro atoms. The zero-order valence-corrected chi connectivity index (χ0v) is 15.7. The lowest BCUT2D eigenvalue weighted by atomic mass is 9.84. The normalized spacial score (nSPS) is 19.2. The van der Waals surface area contributed by atoms with Gasteiger partial charge >= 0.3 is 0 Å². The molecule has 1 fully saturated rings. The monoisotopic (exact) mass is 380 g/mol. The quantitative estimate of drug-likeness (QED) is 0.654. The van der Waals surface area contributed by atoms with E-state index < -0.39 is 0 Å². The average Bonchev–Trinajstić information content (AvgIpc) is 3.35. The molecule has 3 heterocycles. The zero-order valence-electron chi connectivity index (χ0n) is 15.7. The largest absolute Gasteiger partial charge is 0.396 e. The molecule has 2 aromatic heterocycles. The molecule has 1 aliphatic rings. The second-order valence-electron chi connectivity index (χ2n) is 7.38. The molecule has 1 aliphatic heterocycles. The molecule has 7 nitrogen and oxygen atoms in total. The van der Waals surface area contributed by atoms with E-state index in [1.54, 1.807) is 12.4 Å². The molecule has 7 heteroatoms. The van der Waals surface area contributed by atoms with E-state index in [4.69, 9.17) is 4.74 Å². The Morgan fingerprint density at radius 2 is 2.14 bits per heavy atom. The van der Waals surface area contributed by atoms with Crippen molar-refractivity contribution in [2.75, 3.05) is 26.4 Å². The predicted octanol–water partition coefficient (Wildman–Crippen LogP) is 2.00. The lowest BCUT2D eigenvalue weighted by Crippen LogP contribution is -2.38. The van der Waals surface area contributed by atoms with Crippen LogP contribution in [0.2, 0.25) is 0 Å². The fourth-order valence-corrected chi connectivity index (χ4v) is 3.65.